The van der Waals surface area contributed by atoms with Gasteiger partial charge in [0.05, 0.1) is 12.2 Å². The quantitative estimate of drug-likeness (QED) is 0.747. The van der Waals surface area contributed by atoms with Crippen molar-refractivity contribution in [2.75, 3.05) is 0 Å². The molecular weight excluding hydrogens is 304 g/mol. The van der Waals surface area contributed by atoms with Gasteiger partial charge in [-0.15, -0.1) is 15.3 Å². The molecule has 0 saturated carbocycles. The van der Waals surface area contributed by atoms with Gasteiger partial charge in [0.15, 0.2) is 11.5 Å². The number of rotatable bonds is 4. The Morgan fingerprint density at radius 1 is 1.32 bits per heavy atom. The lowest BCUT2D eigenvalue weighted by Gasteiger charge is -2.01. The van der Waals surface area contributed by atoms with Gasteiger partial charge in [-0.2, -0.15) is 9.78 Å². The molecule has 1 N–H and O–H groups in total. The molecule has 10 heteroatoms. The predicted molar refractivity (Wildman–Crippen MR) is 78.7 cm³/mol. The second-order valence-electron chi connectivity index (χ2n) is 4.68. The standard InChI is InChI=1S/C12H14N8OS/c1-7-11(12(21)13-6-10-15-14-8(2)22-10)16-18-20(7)9-4-5-19(3)17-9/h4-5H,6H2,1-3H3,(H,13,21). The summed E-state index contributed by atoms with van der Waals surface area (Å²) in [5, 5.41) is 24.4. The molecule has 1 amide bonds. The van der Waals surface area contributed by atoms with E-state index in [-0.39, 0.29) is 11.6 Å². The van der Waals surface area contributed by atoms with Crippen molar-refractivity contribution in [2.24, 2.45) is 7.05 Å². The van der Waals surface area contributed by atoms with Crippen molar-refractivity contribution in [3.63, 3.8) is 0 Å². The minimum absolute atomic E-state index is 0.270. The highest BCUT2D eigenvalue weighted by atomic mass is 32.1. The molecule has 0 aliphatic carbocycles. The Hall–Kier alpha value is -2.62. The summed E-state index contributed by atoms with van der Waals surface area (Å²) in [5.74, 6) is 0.318. The first kappa shape index (κ1) is 14.3. The highest BCUT2D eigenvalue weighted by molar-refractivity contribution is 7.11. The van der Waals surface area contributed by atoms with Crippen LogP contribution in [0.25, 0.3) is 5.82 Å². The van der Waals surface area contributed by atoms with Crippen molar-refractivity contribution in [1.29, 1.82) is 0 Å². The Labute approximate surface area is 130 Å². The van der Waals surface area contributed by atoms with E-state index in [0.29, 0.717) is 18.1 Å². The molecule has 3 aromatic heterocycles. The molecule has 0 radical (unpaired) electrons. The van der Waals surface area contributed by atoms with E-state index in [1.165, 1.54) is 16.0 Å². The smallest absolute Gasteiger partial charge is 0.274 e. The fourth-order valence-electron chi connectivity index (χ4n) is 1.92. The second kappa shape index (κ2) is 5.64. The zero-order valence-corrected chi connectivity index (χ0v) is 13.1. The van der Waals surface area contributed by atoms with Crippen molar-refractivity contribution in [1.82, 2.24) is 40.3 Å². The Kier molecular flexibility index (Phi) is 3.67. The Bertz CT molecular complexity index is 817. The minimum Gasteiger partial charge on any atom is -0.344 e. The van der Waals surface area contributed by atoms with E-state index in [1.54, 1.807) is 23.9 Å². The minimum atomic E-state index is -0.299. The number of amides is 1. The fraction of sp³-hybridized carbons (Fsp3) is 0.333. The number of aromatic nitrogens is 7. The molecule has 114 valence electrons. The molecule has 3 heterocycles. The Morgan fingerprint density at radius 2 is 2.14 bits per heavy atom. The van der Waals surface area contributed by atoms with Crippen molar-refractivity contribution in [3.8, 4) is 5.82 Å². The van der Waals surface area contributed by atoms with Crippen molar-refractivity contribution in [2.45, 2.75) is 20.4 Å². The summed E-state index contributed by atoms with van der Waals surface area (Å²) in [5.41, 5.74) is 0.900. The molecule has 0 saturated heterocycles. The van der Waals surface area contributed by atoms with Crippen LogP contribution >= 0.6 is 11.3 Å². The zero-order chi connectivity index (χ0) is 15.7. The zero-order valence-electron chi connectivity index (χ0n) is 12.3. The number of aryl methyl sites for hydroxylation is 2. The van der Waals surface area contributed by atoms with Gasteiger partial charge in [0.1, 0.15) is 10.0 Å². The van der Waals surface area contributed by atoms with Crippen LogP contribution in [-0.2, 0) is 13.6 Å². The van der Waals surface area contributed by atoms with E-state index in [2.05, 4.69) is 30.9 Å². The van der Waals surface area contributed by atoms with Gasteiger partial charge in [0.25, 0.3) is 5.91 Å². The third-order valence-electron chi connectivity index (χ3n) is 2.99. The monoisotopic (exact) mass is 318 g/mol. The lowest BCUT2D eigenvalue weighted by Crippen LogP contribution is -2.24. The summed E-state index contributed by atoms with van der Waals surface area (Å²) >= 11 is 1.44. The first-order valence-electron chi connectivity index (χ1n) is 6.54. The number of nitrogens with one attached hydrogen (secondary N) is 1. The highest BCUT2D eigenvalue weighted by Gasteiger charge is 2.18. The average molecular weight is 318 g/mol. The van der Waals surface area contributed by atoms with Gasteiger partial charge in [-0.25, -0.2) is 0 Å². The maximum atomic E-state index is 12.2. The van der Waals surface area contributed by atoms with Crippen LogP contribution in [0, 0.1) is 13.8 Å². The van der Waals surface area contributed by atoms with Crippen LogP contribution < -0.4 is 5.32 Å². The first-order chi connectivity index (χ1) is 10.5. The molecule has 0 aromatic carbocycles. The molecule has 0 fully saturated rings. The molecule has 3 rings (SSSR count). The van der Waals surface area contributed by atoms with Gasteiger partial charge in [-0.05, 0) is 13.8 Å². The molecule has 0 unspecified atom stereocenters. The molecule has 9 nitrogen and oxygen atoms in total. The van der Waals surface area contributed by atoms with Gasteiger partial charge in [0.2, 0.25) is 0 Å². The molecule has 0 aliphatic heterocycles. The first-order valence-corrected chi connectivity index (χ1v) is 7.36. The van der Waals surface area contributed by atoms with Crippen LogP contribution in [-0.4, -0.2) is 40.9 Å². The summed E-state index contributed by atoms with van der Waals surface area (Å²) in [7, 11) is 1.81. The summed E-state index contributed by atoms with van der Waals surface area (Å²) in [6.07, 6.45) is 1.80. The highest BCUT2D eigenvalue weighted by Crippen LogP contribution is 2.11. The Balaban J connectivity index is 1.74. The molecule has 22 heavy (non-hydrogen) atoms. The van der Waals surface area contributed by atoms with E-state index in [9.17, 15) is 4.79 Å². The van der Waals surface area contributed by atoms with Gasteiger partial charge in [-0.3, -0.25) is 9.48 Å². The van der Waals surface area contributed by atoms with Gasteiger partial charge in [0, 0.05) is 19.3 Å². The van der Waals surface area contributed by atoms with Crippen molar-refractivity contribution < 1.29 is 4.79 Å². The van der Waals surface area contributed by atoms with Gasteiger partial charge < -0.3 is 5.32 Å². The van der Waals surface area contributed by atoms with Crippen LogP contribution in [0.1, 0.15) is 26.2 Å². The average Bonchev–Trinajstić information content (AvgIpc) is 3.17. The normalized spacial score (nSPS) is 10.9. The molecule has 3 aromatic rings. The third kappa shape index (κ3) is 2.72. The largest absolute Gasteiger partial charge is 0.344 e. The fourth-order valence-corrected chi connectivity index (χ4v) is 2.57. The number of hydrogen-bond donors (Lipinski definition) is 1. The Morgan fingerprint density at radius 3 is 2.77 bits per heavy atom. The summed E-state index contributed by atoms with van der Waals surface area (Å²) < 4.78 is 3.19. The van der Waals surface area contributed by atoms with Crippen LogP contribution in [0.5, 0.6) is 0 Å². The van der Waals surface area contributed by atoms with Crippen LogP contribution in [0.15, 0.2) is 12.3 Å². The van der Waals surface area contributed by atoms with E-state index in [0.717, 1.165) is 10.0 Å². The van der Waals surface area contributed by atoms with Crippen LogP contribution in [0.3, 0.4) is 0 Å². The van der Waals surface area contributed by atoms with E-state index < -0.39 is 0 Å². The van der Waals surface area contributed by atoms with Crippen molar-refractivity contribution >= 4 is 17.2 Å². The maximum Gasteiger partial charge on any atom is 0.274 e. The topological polar surface area (TPSA) is 103 Å². The third-order valence-corrected chi connectivity index (χ3v) is 3.83. The van der Waals surface area contributed by atoms with E-state index >= 15 is 0 Å². The van der Waals surface area contributed by atoms with E-state index in [4.69, 9.17) is 0 Å². The number of carbonyl (C=O) groups excluding carboxylic acids is 1. The predicted octanol–water partition coefficient (Wildman–Crippen LogP) is 0.399. The molecular formula is C12H14N8OS. The van der Waals surface area contributed by atoms with Crippen LogP contribution in [0.2, 0.25) is 0 Å². The van der Waals surface area contributed by atoms with Crippen LogP contribution in [0.4, 0.5) is 0 Å². The summed E-state index contributed by atoms with van der Waals surface area (Å²) in [6, 6.07) is 1.80. The van der Waals surface area contributed by atoms with Crippen molar-refractivity contribution in [3.05, 3.63) is 33.7 Å². The number of hydrogen-bond acceptors (Lipinski definition) is 7. The summed E-state index contributed by atoms with van der Waals surface area (Å²) in [4.78, 5) is 12.2. The van der Waals surface area contributed by atoms with E-state index in [1.807, 2.05) is 14.0 Å². The number of nitrogens with zero attached hydrogens (tertiary/aromatic N) is 7. The number of carbonyl (C=O) groups is 1. The molecule has 0 spiro atoms. The summed E-state index contributed by atoms with van der Waals surface area (Å²) in [6.45, 7) is 3.96. The molecule has 0 bridgehead atoms. The second-order valence-corrected chi connectivity index (χ2v) is 5.95. The SMILES string of the molecule is Cc1nnc(CNC(=O)c2nnn(-c3ccn(C)n3)c2C)s1. The van der Waals surface area contributed by atoms with Gasteiger partial charge in [-0.1, -0.05) is 16.6 Å². The maximum absolute atomic E-state index is 12.2. The molecule has 0 aliphatic rings. The lowest BCUT2D eigenvalue weighted by atomic mass is 10.3. The molecule has 0 atom stereocenters. The lowest BCUT2D eigenvalue weighted by molar-refractivity contribution is 0.0945. The van der Waals surface area contributed by atoms with Gasteiger partial charge >= 0.3 is 0 Å².